The van der Waals surface area contributed by atoms with Crippen LogP contribution >= 0.6 is 11.8 Å². The van der Waals surface area contributed by atoms with E-state index in [0.29, 0.717) is 5.91 Å². The van der Waals surface area contributed by atoms with E-state index in [1.807, 2.05) is 0 Å². The predicted molar refractivity (Wildman–Crippen MR) is 85.9 cm³/mol. The number of carbonyl (C=O) groups is 1. The molecule has 0 aromatic carbocycles. The minimum atomic E-state index is 0.0856. The van der Waals surface area contributed by atoms with Crippen LogP contribution in [0.25, 0.3) is 0 Å². The zero-order valence-corrected chi connectivity index (χ0v) is 13.7. The molecule has 1 amide bonds. The minimum absolute atomic E-state index is 0.0856. The first-order valence-electron chi connectivity index (χ1n) is 7.68. The number of carbonyl (C=O) groups excluding carboxylic acids is 1. The average molecular weight is 294 g/mol. The molecule has 0 unspecified atom stereocenters. The van der Waals surface area contributed by atoms with Crippen LogP contribution in [0.4, 0.5) is 0 Å². The molecule has 0 N–H and O–H groups in total. The van der Waals surface area contributed by atoms with Crippen LogP contribution in [0.15, 0.2) is 18.3 Å². The number of aromatic nitrogens is 1. The van der Waals surface area contributed by atoms with Gasteiger partial charge in [0.2, 0.25) is 5.91 Å². The number of thioether (sulfide) groups is 1. The molecule has 1 saturated heterocycles. The fourth-order valence-corrected chi connectivity index (χ4v) is 3.95. The smallest absolute Gasteiger partial charge is 0.235 e. The Bertz CT molecular complexity index is 443. The Morgan fingerprint density at radius 3 is 3.00 bits per heavy atom. The number of nitrogens with zero attached hydrogens (tertiary/aromatic N) is 2. The summed E-state index contributed by atoms with van der Waals surface area (Å²) in [5.41, 5.74) is 1.27. The van der Waals surface area contributed by atoms with E-state index in [2.05, 4.69) is 48.7 Å². The van der Waals surface area contributed by atoms with E-state index in [1.54, 1.807) is 11.8 Å². The Labute approximate surface area is 126 Å². The number of hydrogen-bond donors (Lipinski definition) is 0. The maximum Gasteiger partial charge on any atom is 0.235 e. The third kappa shape index (κ3) is 3.40. The molecule has 3 nitrogen and oxygen atoms in total. The van der Waals surface area contributed by atoms with Crippen molar-refractivity contribution in [3.63, 3.8) is 0 Å². The van der Waals surface area contributed by atoms with Crippen molar-refractivity contribution in [1.29, 1.82) is 0 Å². The van der Waals surface area contributed by atoms with Crippen LogP contribution in [-0.4, -0.2) is 32.9 Å². The van der Waals surface area contributed by atoms with E-state index < -0.39 is 0 Å². The van der Waals surface area contributed by atoms with Crippen molar-refractivity contribution in [2.24, 2.45) is 7.05 Å². The zero-order valence-electron chi connectivity index (χ0n) is 12.8. The van der Waals surface area contributed by atoms with Gasteiger partial charge >= 0.3 is 0 Å². The van der Waals surface area contributed by atoms with Gasteiger partial charge in [-0.1, -0.05) is 13.3 Å². The van der Waals surface area contributed by atoms with Gasteiger partial charge < -0.3 is 9.47 Å². The number of hydrogen-bond acceptors (Lipinski definition) is 2. The molecule has 0 aliphatic carbocycles. The molecule has 2 rings (SSSR count). The number of rotatable bonds is 6. The Balaban J connectivity index is 2.00. The van der Waals surface area contributed by atoms with Crippen LogP contribution in [0.3, 0.4) is 0 Å². The summed E-state index contributed by atoms with van der Waals surface area (Å²) in [6.07, 6.45) is 6.67. The van der Waals surface area contributed by atoms with Gasteiger partial charge in [-0.05, 0) is 44.1 Å². The van der Waals surface area contributed by atoms with Gasteiger partial charge in [-0.2, -0.15) is 0 Å². The highest BCUT2D eigenvalue weighted by atomic mass is 32.2. The first kappa shape index (κ1) is 15.5. The fourth-order valence-electron chi connectivity index (χ4n) is 2.87. The molecule has 1 fully saturated rings. The average Bonchev–Trinajstić information content (AvgIpc) is 3.06. The van der Waals surface area contributed by atoms with Gasteiger partial charge in [-0.25, -0.2) is 0 Å². The fraction of sp³-hybridized carbons (Fsp3) is 0.688. The second-order valence-electron chi connectivity index (χ2n) is 5.60. The lowest BCUT2D eigenvalue weighted by atomic mass is 10.1. The Kier molecular flexibility index (Phi) is 5.58. The minimum Gasteiger partial charge on any atom is -0.353 e. The van der Waals surface area contributed by atoms with Crippen LogP contribution in [0.1, 0.15) is 51.3 Å². The Hall–Kier alpha value is -0.900. The predicted octanol–water partition coefficient (Wildman–Crippen LogP) is 3.61. The first-order chi connectivity index (χ1) is 9.65. The van der Waals surface area contributed by atoms with Crippen LogP contribution in [0.2, 0.25) is 0 Å². The summed E-state index contributed by atoms with van der Waals surface area (Å²) < 4.78 is 2.14. The largest absolute Gasteiger partial charge is 0.353 e. The van der Waals surface area contributed by atoms with E-state index in [4.69, 9.17) is 0 Å². The van der Waals surface area contributed by atoms with Gasteiger partial charge in [0.1, 0.15) is 0 Å². The van der Waals surface area contributed by atoms with Gasteiger partial charge in [-0.3, -0.25) is 4.79 Å². The summed E-state index contributed by atoms with van der Waals surface area (Å²) in [5.74, 6) is 1.40. The molecule has 1 aromatic heterocycles. The molecule has 0 saturated carbocycles. The number of aryl methyl sites for hydroxylation is 1. The zero-order chi connectivity index (χ0) is 14.5. The standard InChI is InChI=1S/C16H26N2OS/c1-4-5-12-20-13(2)16(19)18-11-7-9-15(18)14-8-6-10-17(14)3/h6,8,10,13,15H,4-5,7,9,11-12H2,1-3H3/t13-,15-/m0/s1. The second kappa shape index (κ2) is 7.21. The number of likely N-dealkylation sites (tertiary alicyclic amines) is 1. The van der Waals surface area contributed by atoms with E-state index in [9.17, 15) is 4.79 Å². The normalized spacial score (nSPS) is 20.4. The number of unbranched alkanes of at least 4 members (excludes halogenated alkanes) is 1. The molecule has 2 atom stereocenters. The molecule has 112 valence electrons. The summed E-state index contributed by atoms with van der Waals surface area (Å²) >= 11 is 1.80. The van der Waals surface area contributed by atoms with Gasteiger partial charge in [0.25, 0.3) is 0 Å². The van der Waals surface area contributed by atoms with Crippen molar-refractivity contribution in [3.05, 3.63) is 24.0 Å². The van der Waals surface area contributed by atoms with Crippen molar-refractivity contribution in [3.8, 4) is 0 Å². The van der Waals surface area contributed by atoms with E-state index in [1.165, 1.54) is 18.5 Å². The van der Waals surface area contributed by atoms with Crippen LogP contribution in [-0.2, 0) is 11.8 Å². The summed E-state index contributed by atoms with van der Waals surface area (Å²) in [5, 5.41) is 0.0856. The summed E-state index contributed by atoms with van der Waals surface area (Å²) in [7, 11) is 2.07. The lowest BCUT2D eigenvalue weighted by Crippen LogP contribution is -2.36. The SMILES string of the molecule is CCCCS[C@@H](C)C(=O)N1CCC[C@H]1c1cccn1C. The molecule has 0 spiro atoms. The van der Waals surface area contributed by atoms with Crippen LogP contribution in [0.5, 0.6) is 0 Å². The molecule has 1 aromatic rings. The lowest BCUT2D eigenvalue weighted by molar-refractivity contribution is -0.131. The molecule has 4 heteroatoms. The molecule has 20 heavy (non-hydrogen) atoms. The van der Waals surface area contributed by atoms with Crippen LogP contribution in [0, 0.1) is 0 Å². The highest BCUT2D eigenvalue weighted by molar-refractivity contribution is 8.00. The van der Waals surface area contributed by atoms with Crippen molar-refractivity contribution in [2.45, 2.75) is 50.8 Å². The maximum absolute atomic E-state index is 12.7. The first-order valence-corrected chi connectivity index (χ1v) is 8.73. The quantitative estimate of drug-likeness (QED) is 0.749. The van der Waals surface area contributed by atoms with Crippen molar-refractivity contribution >= 4 is 17.7 Å². The second-order valence-corrected chi connectivity index (χ2v) is 7.05. The Morgan fingerprint density at radius 2 is 2.35 bits per heavy atom. The molecule has 0 bridgehead atoms. The lowest BCUT2D eigenvalue weighted by Gasteiger charge is -2.28. The van der Waals surface area contributed by atoms with Gasteiger partial charge in [0.15, 0.2) is 0 Å². The van der Waals surface area contributed by atoms with Gasteiger partial charge in [0.05, 0.1) is 11.3 Å². The highest BCUT2D eigenvalue weighted by Gasteiger charge is 2.33. The molecule has 1 aliphatic heterocycles. The van der Waals surface area contributed by atoms with Crippen molar-refractivity contribution in [2.75, 3.05) is 12.3 Å². The molecular formula is C16H26N2OS. The third-order valence-electron chi connectivity index (χ3n) is 4.07. The monoisotopic (exact) mass is 294 g/mol. The third-order valence-corrected chi connectivity index (χ3v) is 5.30. The van der Waals surface area contributed by atoms with Crippen molar-refractivity contribution in [1.82, 2.24) is 9.47 Å². The summed E-state index contributed by atoms with van der Waals surface area (Å²) in [6, 6.07) is 4.48. The molecule has 1 aliphatic rings. The number of amides is 1. The molecular weight excluding hydrogens is 268 g/mol. The topological polar surface area (TPSA) is 25.2 Å². The van der Waals surface area contributed by atoms with Gasteiger partial charge in [0, 0.05) is 25.5 Å². The van der Waals surface area contributed by atoms with E-state index in [-0.39, 0.29) is 11.3 Å². The Morgan fingerprint density at radius 1 is 1.55 bits per heavy atom. The molecule has 0 radical (unpaired) electrons. The summed E-state index contributed by atoms with van der Waals surface area (Å²) in [6.45, 7) is 5.16. The van der Waals surface area contributed by atoms with Crippen LogP contribution < -0.4 is 0 Å². The van der Waals surface area contributed by atoms with E-state index in [0.717, 1.165) is 25.1 Å². The molecule has 2 heterocycles. The highest BCUT2D eigenvalue weighted by Crippen LogP contribution is 2.33. The van der Waals surface area contributed by atoms with Crippen molar-refractivity contribution < 1.29 is 4.79 Å². The van der Waals surface area contributed by atoms with E-state index >= 15 is 0 Å². The van der Waals surface area contributed by atoms with Gasteiger partial charge in [-0.15, -0.1) is 11.8 Å². The maximum atomic E-state index is 12.7. The summed E-state index contributed by atoms with van der Waals surface area (Å²) in [4.78, 5) is 14.7.